The molecule has 134 valence electrons. The minimum absolute atomic E-state index is 0.147. The maximum atomic E-state index is 13.1. The smallest absolute Gasteiger partial charge is 0.261 e. The second-order valence-corrected chi connectivity index (χ2v) is 9.17. The van der Waals surface area contributed by atoms with Gasteiger partial charge < -0.3 is 5.32 Å². The summed E-state index contributed by atoms with van der Waals surface area (Å²) in [6.07, 6.45) is 1.57. The predicted octanol–water partition coefficient (Wildman–Crippen LogP) is 2.95. The first-order valence-corrected chi connectivity index (χ1v) is 10.6. The van der Waals surface area contributed by atoms with E-state index >= 15 is 0 Å². The number of carbonyl (C=O) groups is 1. The fourth-order valence-electron chi connectivity index (χ4n) is 3.15. The van der Waals surface area contributed by atoms with Gasteiger partial charge in [-0.2, -0.15) is 4.31 Å². The van der Waals surface area contributed by atoms with Gasteiger partial charge in [0.05, 0.1) is 9.77 Å². The molecule has 2 aromatic rings. The molecule has 1 aromatic carbocycles. The Morgan fingerprint density at radius 2 is 2.12 bits per heavy atom. The number of nitrogens with one attached hydrogen (secondary N) is 1. The van der Waals surface area contributed by atoms with Gasteiger partial charge in [0.1, 0.15) is 0 Å². The second kappa shape index (κ2) is 7.27. The Kier molecular flexibility index (Phi) is 5.27. The number of carbonyl (C=O) groups excluding carboxylic acids is 1. The van der Waals surface area contributed by atoms with Crippen LogP contribution in [0.3, 0.4) is 0 Å². The Bertz CT molecular complexity index is 860. The summed E-state index contributed by atoms with van der Waals surface area (Å²) in [5.41, 5.74) is 1.67. The molecule has 1 N–H and O–H groups in total. The topological polar surface area (TPSA) is 66.5 Å². The largest absolute Gasteiger partial charge is 0.350 e. The number of thiophene rings is 1. The molecule has 0 radical (unpaired) electrons. The van der Waals surface area contributed by atoms with E-state index in [0.29, 0.717) is 22.9 Å². The third-order valence-electron chi connectivity index (χ3n) is 4.50. The summed E-state index contributed by atoms with van der Waals surface area (Å²) < 4.78 is 27.8. The lowest BCUT2D eigenvalue weighted by atomic mass is 10.2. The van der Waals surface area contributed by atoms with Crippen molar-refractivity contribution in [2.75, 3.05) is 13.1 Å². The fraction of sp³-hybridized carbons (Fsp3) is 0.389. The molecule has 1 amide bonds. The van der Waals surface area contributed by atoms with Gasteiger partial charge >= 0.3 is 0 Å². The number of aryl methyl sites for hydroxylation is 2. The zero-order valence-corrected chi connectivity index (χ0v) is 16.0. The Balaban J connectivity index is 1.76. The number of rotatable bonds is 5. The summed E-state index contributed by atoms with van der Waals surface area (Å²) in [4.78, 5) is 13.1. The normalized spacial score (nSPS) is 18.4. The first-order valence-electron chi connectivity index (χ1n) is 8.30. The van der Waals surface area contributed by atoms with Gasteiger partial charge in [-0.15, -0.1) is 11.3 Å². The van der Waals surface area contributed by atoms with Gasteiger partial charge in [0, 0.05) is 19.1 Å². The highest BCUT2D eigenvalue weighted by Crippen LogP contribution is 2.28. The van der Waals surface area contributed by atoms with Crippen molar-refractivity contribution in [2.45, 2.75) is 37.6 Å². The summed E-state index contributed by atoms with van der Waals surface area (Å²) in [6.45, 7) is 4.53. The van der Waals surface area contributed by atoms with Crippen LogP contribution in [-0.4, -0.2) is 37.8 Å². The van der Waals surface area contributed by atoms with Crippen LogP contribution in [0.15, 0.2) is 40.6 Å². The quantitative estimate of drug-likeness (QED) is 0.870. The minimum atomic E-state index is -3.56. The van der Waals surface area contributed by atoms with Gasteiger partial charge in [0.2, 0.25) is 10.0 Å². The average Bonchev–Trinajstić information content (AvgIpc) is 3.26. The van der Waals surface area contributed by atoms with E-state index in [1.807, 2.05) is 37.4 Å². The van der Waals surface area contributed by atoms with E-state index in [9.17, 15) is 13.2 Å². The van der Waals surface area contributed by atoms with Gasteiger partial charge in [-0.1, -0.05) is 18.2 Å². The van der Waals surface area contributed by atoms with E-state index in [4.69, 9.17) is 0 Å². The van der Waals surface area contributed by atoms with Crippen LogP contribution in [0.2, 0.25) is 0 Å². The molecule has 1 aliphatic heterocycles. The molecular weight excluding hydrogens is 356 g/mol. The number of hydrogen-bond acceptors (Lipinski definition) is 4. The van der Waals surface area contributed by atoms with Crippen molar-refractivity contribution in [2.24, 2.45) is 0 Å². The average molecular weight is 379 g/mol. The number of nitrogens with zero attached hydrogens (tertiary/aromatic N) is 1. The third kappa shape index (κ3) is 3.78. The summed E-state index contributed by atoms with van der Waals surface area (Å²) in [6, 6.07) is 8.87. The lowest BCUT2D eigenvalue weighted by molar-refractivity contribution is 0.0950. The molecule has 0 saturated carbocycles. The van der Waals surface area contributed by atoms with Crippen molar-refractivity contribution in [3.63, 3.8) is 0 Å². The van der Waals surface area contributed by atoms with Crippen LogP contribution in [0.5, 0.6) is 0 Å². The van der Waals surface area contributed by atoms with Gasteiger partial charge in [-0.25, -0.2) is 8.42 Å². The Morgan fingerprint density at radius 3 is 2.84 bits per heavy atom. The third-order valence-corrected chi connectivity index (χ3v) is 7.46. The summed E-state index contributed by atoms with van der Waals surface area (Å²) in [7, 11) is -3.56. The molecule has 0 spiro atoms. The Labute approximate surface area is 152 Å². The van der Waals surface area contributed by atoms with E-state index in [0.717, 1.165) is 24.0 Å². The zero-order valence-electron chi connectivity index (χ0n) is 14.4. The van der Waals surface area contributed by atoms with Crippen LogP contribution in [0, 0.1) is 13.8 Å². The minimum Gasteiger partial charge on any atom is -0.350 e. The molecule has 1 atom stereocenters. The van der Waals surface area contributed by atoms with Crippen molar-refractivity contribution in [1.82, 2.24) is 9.62 Å². The van der Waals surface area contributed by atoms with E-state index in [2.05, 4.69) is 5.32 Å². The van der Waals surface area contributed by atoms with Gasteiger partial charge in [0.25, 0.3) is 5.91 Å². The fourth-order valence-corrected chi connectivity index (χ4v) is 5.79. The molecule has 1 unspecified atom stereocenters. The van der Waals surface area contributed by atoms with Crippen LogP contribution in [0.4, 0.5) is 0 Å². The summed E-state index contributed by atoms with van der Waals surface area (Å²) >= 11 is 1.38. The van der Waals surface area contributed by atoms with Crippen LogP contribution in [0.1, 0.15) is 33.6 Å². The lowest BCUT2D eigenvalue weighted by Crippen LogP contribution is -2.43. The molecule has 1 aliphatic rings. The van der Waals surface area contributed by atoms with Crippen LogP contribution < -0.4 is 5.32 Å². The van der Waals surface area contributed by atoms with E-state index < -0.39 is 10.0 Å². The summed E-state index contributed by atoms with van der Waals surface area (Å²) in [5, 5.41) is 4.72. The van der Waals surface area contributed by atoms with Crippen molar-refractivity contribution in [3.05, 3.63) is 51.7 Å². The van der Waals surface area contributed by atoms with E-state index in [-0.39, 0.29) is 11.9 Å². The molecule has 7 heteroatoms. The molecule has 5 nitrogen and oxygen atoms in total. The first-order chi connectivity index (χ1) is 11.9. The maximum Gasteiger partial charge on any atom is 0.261 e. The zero-order chi connectivity index (χ0) is 18.0. The van der Waals surface area contributed by atoms with Crippen molar-refractivity contribution in [3.8, 4) is 0 Å². The summed E-state index contributed by atoms with van der Waals surface area (Å²) in [5.74, 6) is -0.147. The number of amides is 1. The van der Waals surface area contributed by atoms with E-state index in [1.165, 1.54) is 11.3 Å². The monoisotopic (exact) mass is 378 g/mol. The predicted molar refractivity (Wildman–Crippen MR) is 99.5 cm³/mol. The van der Waals surface area contributed by atoms with Gasteiger partial charge in [-0.05, 0) is 55.3 Å². The van der Waals surface area contributed by atoms with Crippen molar-refractivity contribution in [1.29, 1.82) is 0 Å². The van der Waals surface area contributed by atoms with E-state index in [1.54, 1.807) is 16.4 Å². The highest BCUT2D eigenvalue weighted by molar-refractivity contribution is 7.89. The van der Waals surface area contributed by atoms with Gasteiger partial charge in [0.15, 0.2) is 0 Å². The maximum absolute atomic E-state index is 13.1. The number of hydrogen-bond donors (Lipinski definition) is 1. The molecule has 0 aliphatic carbocycles. The lowest BCUT2D eigenvalue weighted by Gasteiger charge is -2.25. The van der Waals surface area contributed by atoms with Gasteiger partial charge in [-0.3, -0.25) is 4.79 Å². The second-order valence-electron chi connectivity index (χ2n) is 6.37. The molecule has 2 heterocycles. The van der Waals surface area contributed by atoms with Crippen LogP contribution >= 0.6 is 11.3 Å². The van der Waals surface area contributed by atoms with Crippen LogP contribution in [-0.2, 0) is 10.0 Å². The first kappa shape index (κ1) is 18.1. The molecule has 1 fully saturated rings. The highest BCUT2D eigenvalue weighted by atomic mass is 32.2. The molecular formula is C18H22N2O3S2. The Hall–Kier alpha value is -1.70. The highest BCUT2D eigenvalue weighted by Gasteiger charge is 2.36. The number of sulfonamides is 1. The van der Waals surface area contributed by atoms with Crippen molar-refractivity contribution >= 4 is 27.3 Å². The van der Waals surface area contributed by atoms with Crippen molar-refractivity contribution < 1.29 is 13.2 Å². The van der Waals surface area contributed by atoms with Crippen LogP contribution in [0.25, 0.3) is 0 Å². The molecule has 1 saturated heterocycles. The molecule has 0 bridgehead atoms. The SMILES string of the molecule is Cc1ccc(C)c(S(=O)(=O)N2CCCC2CNC(=O)c2cccs2)c1. The molecule has 25 heavy (non-hydrogen) atoms. The Morgan fingerprint density at radius 1 is 1.32 bits per heavy atom. The standard InChI is InChI=1S/C18H22N2O3S2/c1-13-7-8-14(2)17(11-13)25(22,23)20-9-3-5-15(20)12-19-18(21)16-6-4-10-24-16/h4,6-8,10-11,15H,3,5,9,12H2,1-2H3,(H,19,21). The molecule has 1 aromatic heterocycles. The number of benzene rings is 1. The molecule has 3 rings (SSSR count).